The molecule has 0 aliphatic rings. The lowest BCUT2D eigenvalue weighted by Gasteiger charge is -2.13. The van der Waals surface area contributed by atoms with E-state index in [9.17, 15) is 4.79 Å². The minimum Gasteiger partial charge on any atom is -0.493 e. The number of hydrogen-bond donors (Lipinski definition) is 1. The van der Waals surface area contributed by atoms with Crippen molar-refractivity contribution < 1.29 is 14.3 Å². The molecule has 0 aliphatic carbocycles. The van der Waals surface area contributed by atoms with Crippen molar-refractivity contribution >= 4 is 34.8 Å². The molecule has 2 rings (SSSR count). The largest absolute Gasteiger partial charge is 0.493 e. The molecule has 0 aromatic heterocycles. The predicted octanol–water partition coefficient (Wildman–Crippen LogP) is 6.21. The Morgan fingerprint density at radius 1 is 1.04 bits per heavy atom. The summed E-state index contributed by atoms with van der Waals surface area (Å²) < 4.78 is 11.1. The summed E-state index contributed by atoms with van der Waals surface area (Å²) in [7, 11) is 1.55. The van der Waals surface area contributed by atoms with E-state index in [1.165, 1.54) is 12.8 Å². The molecule has 2 aromatic carbocycles. The van der Waals surface area contributed by atoms with Gasteiger partial charge in [-0.15, -0.1) is 0 Å². The highest BCUT2D eigenvalue weighted by molar-refractivity contribution is 6.40. The number of rotatable bonds is 9. The molecule has 0 bridgehead atoms. The summed E-state index contributed by atoms with van der Waals surface area (Å²) in [4.78, 5) is 12.5. The van der Waals surface area contributed by atoms with E-state index >= 15 is 0 Å². The molecule has 0 saturated heterocycles. The molecule has 26 heavy (non-hydrogen) atoms. The van der Waals surface area contributed by atoms with Crippen LogP contribution in [-0.2, 0) is 0 Å². The third-order valence-corrected chi connectivity index (χ3v) is 4.51. The van der Waals surface area contributed by atoms with Gasteiger partial charge in [0.2, 0.25) is 0 Å². The monoisotopic (exact) mass is 395 g/mol. The van der Waals surface area contributed by atoms with Crippen LogP contribution in [0, 0.1) is 0 Å². The van der Waals surface area contributed by atoms with E-state index < -0.39 is 0 Å². The van der Waals surface area contributed by atoms with Gasteiger partial charge in [0.1, 0.15) is 0 Å². The Bertz CT molecular complexity index is 730. The topological polar surface area (TPSA) is 47.6 Å². The van der Waals surface area contributed by atoms with Crippen LogP contribution in [0.25, 0.3) is 0 Å². The molecule has 0 saturated carbocycles. The third-order valence-electron chi connectivity index (χ3n) is 3.88. The van der Waals surface area contributed by atoms with Crippen LogP contribution in [0.4, 0.5) is 5.69 Å². The fourth-order valence-corrected chi connectivity index (χ4v) is 2.93. The van der Waals surface area contributed by atoms with E-state index in [0.717, 1.165) is 12.8 Å². The highest BCUT2D eigenvalue weighted by atomic mass is 35.5. The molecule has 0 radical (unpaired) electrons. The summed E-state index contributed by atoms with van der Waals surface area (Å²) in [5.74, 6) is 0.808. The van der Waals surface area contributed by atoms with Gasteiger partial charge in [0.05, 0.1) is 29.4 Å². The Balaban J connectivity index is 2.06. The standard InChI is InChI=1S/C20H23Cl2NO3/c1-3-4-5-6-12-26-17-11-10-14(13-18(17)25-2)20(24)23-19-15(21)8-7-9-16(19)22/h7-11,13H,3-6,12H2,1-2H3,(H,23,24). The number of hydrogen-bond acceptors (Lipinski definition) is 3. The van der Waals surface area contributed by atoms with Gasteiger partial charge < -0.3 is 14.8 Å². The molecule has 140 valence electrons. The maximum absolute atomic E-state index is 12.5. The third kappa shape index (κ3) is 5.55. The summed E-state index contributed by atoms with van der Waals surface area (Å²) in [5.41, 5.74) is 0.812. The lowest BCUT2D eigenvalue weighted by atomic mass is 10.1. The highest BCUT2D eigenvalue weighted by Crippen LogP contribution is 2.32. The molecule has 6 heteroatoms. The number of carbonyl (C=O) groups is 1. The van der Waals surface area contributed by atoms with Crippen molar-refractivity contribution in [3.05, 3.63) is 52.0 Å². The van der Waals surface area contributed by atoms with Gasteiger partial charge in [-0.05, 0) is 36.8 Å². The van der Waals surface area contributed by atoms with Gasteiger partial charge in [0.15, 0.2) is 11.5 Å². The van der Waals surface area contributed by atoms with Crippen LogP contribution in [0.1, 0.15) is 43.0 Å². The minimum absolute atomic E-state index is 0.326. The van der Waals surface area contributed by atoms with Crippen LogP contribution in [0.2, 0.25) is 10.0 Å². The van der Waals surface area contributed by atoms with Crippen LogP contribution in [0.3, 0.4) is 0 Å². The molecule has 0 heterocycles. The number of halogens is 2. The fraction of sp³-hybridized carbons (Fsp3) is 0.350. The molecule has 4 nitrogen and oxygen atoms in total. The van der Waals surface area contributed by atoms with Crippen molar-refractivity contribution in [3.63, 3.8) is 0 Å². The zero-order valence-corrected chi connectivity index (χ0v) is 16.5. The van der Waals surface area contributed by atoms with E-state index in [-0.39, 0.29) is 5.91 Å². The SMILES string of the molecule is CCCCCCOc1ccc(C(=O)Nc2c(Cl)cccc2Cl)cc1OC. The Labute approximate surface area is 164 Å². The molecule has 0 atom stereocenters. The molecule has 2 aromatic rings. The van der Waals surface area contributed by atoms with Crippen LogP contribution in [0.5, 0.6) is 11.5 Å². The average molecular weight is 396 g/mol. The quantitative estimate of drug-likeness (QED) is 0.513. The number of amides is 1. The van der Waals surface area contributed by atoms with Crippen LogP contribution in [0.15, 0.2) is 36.4 Å². The number of para-hydroxylation sites is 1. The number of carbonyl (C=O) groups excluding carboxylic acids is 1. The molecular weight excluding hydrogens is 373 g/mol. The van der Waals surface area contributed by atoms with Gasteiger partial charge in [-0.3, -0.25) is 4.79 Å². The molecule has 0 unspecified atom stereocenters. The van der Waals surface area contributed by atoms with Crippen molar-refractivity contribution in [1.82, 2.24) is 0 Å². The normalized spacial score (nSPS) is 10.5. The summed E-state index contributed by atoms with van der Waals surface area (Å²) in [6.45, 7) is 2.79. The first-order valence-corrected chi connectivity index (χ1v) is 9.38. The average Bonchev–Trinajstić information content (AvgIpc) is 2.64. The molecule has 0 aliphatic heterocycles. The van der Waals surface area contributed by atoms with Gasteiger partial charge in [-0.2, -0.15) is 0 Å². The Hall–Kier alpha value is -1.91. The first-order valence-electron chi connectivity index (χ1n) is 8.63. The molecule has 1 N–H and O–H groups in total. The number of ether oxygens (including phenoxy) is 2. The van der Waals surface area contributed by atoms with Crippen molar-refractivity contribution in [2.45, 2.75) is 32.6 Å². The first-order chi connectivity index (χ1) is 12.6. The predicted molar refractivity (Wildman–Crippen MR) is 107 cm³/mol. The van der Waals surface area contributed by atoms with E-state index in [0.29, 0.717) is 39.4 Å². The van der Waals surface area contributed by atoms with Gasteiger partial charge >= 0.3 is 0 Å². The lowest BCUT2D eigenvalue weighted by Crippen LogP contribution is -2.13. The maximum atomic E-state index is 12.5. The van der Waals surface area contributed by atoms with Gasteiger partial charge in [-0.1, -0.05) is 55.5 Å². The Kier molecular flexibility index (Phi) is 8.07. The smallest absolute Gasteiger partial charge is 0.255 e. The summed E-state index contributed by atoms with van der Waals surface area (Å²) in [5, 5.41) is 3.49. The van der Waals surface area contributed by atoms with E-state index in [4.69, 9.17) is 32.7 Å². The van der Waals surface area contributed by atoms with Crippen molar-refractivity contribution in [1.29, 1.82) is 0 Å². The molecule has 0 spiro atoms. The molecule has 1 amide bonds. The zero-order valence-electron chi connectivity index (χ0n) is 15.0. The number of methoxy groups -OCH3 is 1. The van der Waals surface area contributed by atoms with Crippen LogP contribution < -0.4 is 14.8 Å². The van der Waals surface area contributed by atoms with E-state index in [1.807, 2.05) is 0 Å². The lowest BCUT2D eigenvalue weighted by molar-refractivity contribution is 0.102. The molecular formula is C20H23Cl2NO3. The second kappa shape index (κ2) is 10.3. The number of unbranched alkanes of at least 4 members (excludes halogenated alkanes) is 3. The van der Waals surface area contributed by atoms with E-state index in [1.54, 1.807) is 43.5 Å². The van der Waals surface area contributed by atoms with Crippen LogP contribution in [-0.4, -0.2) is 19.6 Å². The molecule has 0 fully saturated rings. The fourth-order valence-electron chi connectivity index (χ4n) is 2.44. The number of anilines is 1. The number of nitrogens with one attached hydrogen (secondary N) is 1. The minimum atomic E-state index is -0.326. The Morgan fingerprint density at radius 2 is 1.77 bits per heavy atom. The summed E-state index contributed by atoms with van der Waals surface area (Å²) in [6, 6.07) is 10.1. The van der Waals surface area contributed by atoms with Crippen LogP contribution >= 0.6 is 23.2 Å². The van der Waals surface area contributed by atoms with Gasteiger partial charge in [0.25, 0.3) is 5.91 Å². The maximum Gasteiger partial charge on any atom is 0.255 e. The van der Waals surface area contributed by atoms with Crippen molar-refractivity contribution in [2.75, 3.05) is 19.0 Å². The second-order valence-corrected chi connectivity index (χ2v) is 6.64. The number of benzene rings is 2. The highest BCUT2D eigenvalue weighted by Gasteiger charge is 2.14. The van der Waals surface area contributed by atoms with Gasteiger partial charge in [0, 0.05) is 5.56 Å². The summed E-state index contributed by atoms with van der Waals surface area (Å²) >= 11 is 12.2. The first kappa shape index (κ1) is 20.4. The second-order valence-electron chi connectivity index (χ2n) is 5.83. The summed E-state index contributed by atoms with van der Waals surface area (Å²) in [6.07, 6.45) is 4.51. The van der Waals surface area contributed by atoms with Crippen molar-refractivity contribution in [3.8, 4) is 11.5 Å². The van der Waals surface area contributed by atoms with Crippen molar-refractivity contribution in [2.24, 2.45) is 0 Å². The zero-order chi connectivity index (χ0) is 18.9. The van der Waals surface area contributed by atoms with Gasteiger partial charge in [-0.25, -0.2) is 0 Å². The Morgan fingerprint density at radius 3 is 2.42 bits per heavy atom. The van der Waals surface area contributed by atoms with E-state index in [2.05, 4.69) is 12.2 Å².